The number of carboxylic acid groups (broad SMARTS) is 2. The highest BCUT2D eigenvalue weighted by Crippen LogP contribution is 2.35. The minimum Gasteiger partial charge on any atom is -0.475 e. The zero-order valence-corrected chi connectivity index (χ0v) is 23.5. The Labute approximate surface area is 244 Å². The molecule has 2 aliphatic rings. The molecule has 0 aliphatic carbocycles. The maximum Gasteiger partial charge on any atom is 0.490 e. The van der Waals surface area contributed by atoms with Crippen LogP contribution in [0.5, 0.6) is 0 Å². The van der Waals surface area contributed by atoms with E-state index in [-0.39, 0.29) is 11.3 Å². The van der Waals surface area contributed by atoms with Crippen LogP contribution in [0.25, 0.3) is 0 Å². The molecule has 1 aromatic heterocycles. The Kier molecular flexibility index (Phi) is 12.5. The van der Waals surface area contributed by atoms with Crippen LogP contribution in [-0.4, -0.2) is 94.6 Å². The average Bonchev–Trinajstić information content (AvgIpc) is 3.12. The first-order valence-electron chi connectivity index (χ1n) is 13.1. The predicted molar refractivity (Wildman–Crippen MR) is 141 cm³/mol. The number of halogens is 6. The number of aliphatic carboxylic acids is 2. The van der Waals surface area contributed by atoms with Crippen LogP contribution < -0.4 is 0 Å². The number of carboxylic acids is 2. The van der Waals surface area contributed by atoms with Gasteiger partial charge in [-0.15, -0.1) is 0 Å². The van der Waals surface area contributed by atoms with Crippen molar-refractivity contribution in [3.05, 3.63) is 65.0 Å². The van der Waals surface area contributed by atoms with E-state index in [0.717, 1.165) is 64.3 Å². The number of carbonyl (C=O) groups is 3. The van der Waals surface area contributed by atoms with Gasteiger partial charge in [-0.05, 0) is 67.6 Å². The lowest BCUT2D eigenvalue weighted by Gasteiger charge is -2.42. The van der Waals surface area contributed by atoms with E-state index < -0.39 is 24.3 Å². The van der Waals surface area contributed by atoms with Crippen molar-refractivity contribution in [2.45, 2.75) is 45.6 Å². The van der Waals surface area contributed by atoms with Gasteiger partial charge in [0.15, 0.2) is 0 Å². The fraction of sp³-hybridized carbons (Fsp3) is 0.500. The third kappa shape index (κ3) is 11.5. The number of benzene rings is 1. The second kappa shape index (κ2) is 15.1. The van der Waals surface area contributed by atoms with E-state index >= 15 is 0 Å². The monoisotopic (exact) mass is 621 g/mol. The van der Waals surface area contributed by atoms with Crippen molar-refractivity contribution in [2.24, 2.45) is 5.41 Å². The number of aryl methyl sites for hydroxylation is 2. The van der Waals surface area contributed by atoms with Crippen molar-refractivity contribution in [1.82, 2.24) is 14.8 Å². The van der Waals surface area contributed by atoms with Gasteiger partial charge in [0, 0.05) is 56.1 Å². The van der Waals surface area contributed by atoms with E-state index in [4.69, 9.17) is 24.5 Å². The number of likely N-dealkylation sites (tertiary alicyclic amines) is 1. The largest absolute Gasteiger partial charge is 0.490 e. The van der Waals surface area contributed by atoms with Gasteiger partial charge < -0.3 is 19.8 Å². The van der Waals surface area contributed by atoms with Gasteiger partial charge in [0.1, 0.15) is 0 Å². The van der Waals surface area contributed by atoms with Gasteiger partial charge >= 0.3 is 24.3 Å². The van der Waals surface area contributed by atoms with Gasteiger partial charge in [-0.1, -0.05) is 6.07 Å². The van der Waals surface area contributed by atoms with Gasteiger partial charge in [-0.25, -0.2) is 9.59 Å². The summed E-state index contributed by atoms with van der Waals surface area (Å²) in [5.74, 6) is -5.36. The highest BCUT2D eigenvalue weighted by Gasteiger charge is 2.40. The summed E-state index contributed by atoms with van der Waals surface area (Å²) in [6.07, 6.45) is -4.46. The van der Waals surface area contributed by atoms with Crippen molar-refractivity contribution in [2.75, 3.05) is 39.4 Å². The van der Waals surface area contributed by atoms with E-state index in [2.05, 4.69) is 35.9 Å². The highest BCUT2D eigenvalue weighted by atomic mass is 19.4. The standard InChI is InChI=1S/C24H31N3O2.2C2HF3O2/c1-19-3-4-22(15-20(19)2)23(28)27-11-7-24(8-12-27)17-26(13-14-29-18-24)16-21-5-9-25-10-6-21;2*3-2(4,5)1(6)7/h3-6,9-10,15H,7-8,11-14,16-18H2,1-2H3;2*(H,6,7). The predicted octanol–water partition coefficient (Wildman–Crippen LogP) is 4.72. The molecule has 1 spiro atoms. The average molecular weight is 622 g/mol. The van der Waals surface area contributed by atoms with Crippen molar-refractivity contribution >= 4 is 17.8 Å². The quantitative estimate of drug-likeness (QED) is 0.473. The van der Waals surface area contributed by atoms with Crippen molar-refractivity contribution in [3.63, 3.8) is 0 Å². The summed E-state index contributed by atoms with van der Waals surface area (Å²) in [4.78, 5) is 39.4. The Balaban J connectivity index is 0.000000384. The van der Waals surface area contributed by atoms with E-state index in [1.165, 1.54) is 16.7 Å². The van der Waals surface area contributed by atoms with Gasteiger partial charge in [0.2, 0.25) is 0 Å². The van der Waals surface area contributed by atoms with Gasteiger partial charge in [-0.3, -0.25) is 14.7 Å². The molecule has 0 unspecified atom stereocenters. The molecule has 0 atom stereocenters. The zero-order valence-electron chi connectivity index (χ0n) is 23.5. The summed E-state index contributed by atoms with van der Waals surface area (Å²) < 4.78 is 69.5. The molecule has 3 heterocycles. The Morgan fingerprint density at radius 2 is 1.42 bits per heavy atom. The molecule has 1 amide bonds. The van der Waals surface area contributed by atoms with Crippen molar-refractivity contribution in [3.8, 4) is 0 Å². The third-order valence-corrected chi connectivity index (χ3v) is 7.02. The van der Waals surface area contributed by atoms with Crippen LogP contribution in [0.15, 0.2) is 42.7 Å². The summed E-state index contributed by atoms with van der Waals surface area (Å²) >= 11 is 0. The molecule has 9 nitrogen and oxygen atoms in total. The number of hydrogen-bond acceptors (Lipinski definition) is 6. The van der Waals surface area contributed by atoms with Crippen LogP contribution in [0.2, 0.25) is 0 Å². The number of aromatic nitrogens is 1. The maximum absolute atomic E-state index is 13.0. The molecule has 0 bridgehead atoms. The Morgan fingerprint density at radius 1 is 0.884 bits per heavy atom. The Hall–Kier alpha value is -3.72. The molecule has 2 aliphatic heterocycles. The number of nitrogens with zero attached hydrogens (tertiary/aromatic N) is 3. The molecule has 1 aromatic carbocycles. The molecule has 2 fully saturated rings. The lowest BCUT2D eigenvalue weighted by Crippen LogP contribution is -2.48. The number of alkyl halides is 6. The molecule has 0 saturated carbocycles. The first kappa shape index (κ1) is 35.5. The van der Waals surface area contributed by atoms with Crippen LogP contribution in [0, 0.1) is 19.3 Å². The smallest absolute Gasteiger partial charge is 0.475 e. The zero-order chi connectivity index (χ0) is 32.4. The second-order valence-corrected chi connectivity index (χ2v) is 10.3. The fourth-order valence-electron chi connectivity index (χ4n) is 4.51. The normalized spacial score (nSPS) is 17.1. The topological polar surface area (TPSA) is 120 Å². The van der Waals surface area contributed by atoms with Crippen molar-refractivity contribution in [1.29, 1.82) is 0 Å². The lowest BCUT2D eigenvalue weighted by molar-refractivity contribution is -0.193. The maximum atomic E-state index is 13.0. The number of ether oxygens (including phenoxy) is 1. The summed E-state index contributed by atoms with van der Waals surface area (Å²) in [6.45, 7) is 10.2. The molecule has 43 heavy (non-hydrogen) atoms. The van der Waals surface area contributed by atoms with Crippen LogP contribution in [0.1, 0.15) is 39.9 Å². The van der Waals surface area contributed by atoms with Crippen LogP contribution in [0.3, 0.4) is 0 Å². The summed E-state index contributed by atoms with van der Waals surface area (Å²) in [6, 6.07) is 10.2. The SMILES string of the molecule is Cc1ccc(C(=O)N2CCC3(CC2)COCCN(Cc2ccncc2)C3)cc1C.O=C(O)C(F)(F)F.O=C(O)C(F)(F)F. The Bertz CT molecular complexity index is 1210. The molecular formula is C28H33F6N3O6. The second-order valence-electron chi connectivity index (χ2n) is 10.3. The summed E-state index contributed by atoms with van der Waals surface area (Å²) in [5.41, 5.74) is 4.64. The number of piperidine rings is 1. The van der Waals surface area contributed by atoms with Crippen molar-refractivity contribution < 1.29 is 55.7 Å². The first-order valence-corrected chi connectivity index (χ1v) is 13.1. The van der Waals surface area contributed by atoms with Crippen LogP contribution in [0.4, 0.5) is 26.3 Å². The summed E-state index contributed by atoms with van der Waals surface area (Å²) in [5, 5.41) is 14.2. The van der Waals surface area contributed by atoms with Gasteiger partial charge in [-0.2, -0.15) is 26.3 Å². The molecule has 2 aromatic rings. The minimum atomic E-state index is -5.08. The number of rotatable bonds is 3. The van der Waals surface area contributed by atoms with Crippen LogP contribution >= 0.6 is 0 Å². The first-order chi connectivity index (χ1) is 19.9. The fourth-order valence-corrected chi connectivity index (χ4v) is 4.51. The van der Waals surface area contributed by atoms with Gasteiger partial charge in [0.05, 0.1) is 13.2 Å². The molecule has 0 radical (unpaired) electrons. The molecular weight excluding hydrogens is 588 g/mol. The summed E-state index contributed by atoms with van der Waals surface area (Å²) in [7, 11) is 0. The van der Waals surface area contributed by atoms with Crippen LogP contribution in [-0.2, 0) is 20.9 Å². The van der Waals surface area contributed by atoms with E-state index in [9.17, 15) is 31.1 Å². The third-order valence-electron chi connectivity index (χ3n) is 7.02. The Morgan fingerprint density at radius 3 is 1.91 bits per heavy atom. The number of pyridine rings is 1. The molecule has 2 saturated heterocycles. The minimum absolute atomic E-state index is 0.142. The molecule has 15 heteroatoms. The van der Waals surface area contributed by atoms with E-state index in [1.54, 1.807) is 0 Å². The number of hydrogen-bond donors (Lipinski definition) is 2. The van der Waals surface area contributed by atoms with E-state index in [0.29, 0.717) is 0 Å². The molecule has 238 valence electrons. The molecule has 4 rings (SSSR count). The number of carbonyl (C=O) groups excluding carboxylic acids is 1. The van der Waals surface area contributed by atoms with E-state index in [1.807, 2.05) is 35.5 Å². The molecule has 2 N–H and O–H groups in total. The highest BCUT2D eigenvalue weighted by molar-refractivity contribution is 5.94. The lowest BCUT2D eigenvalue weighted by atomic mass is 9.78. The van der Waals surface area contributed by atoms with Gasteiger partial charge in [0.25, 0.3) is 5.91 Å². The number of amides is 1.